The summed E-state index contributed by atoms with van der Waals surface area (Å²) < 4.78 is 5.24. The molecule has 2 unspecified atom stereocenters. The summed E-state index contributed by atoms with van der Waals surface area (Å²) in [4.78, 5) is 0. The maximum Gasteiger partial charge on any atom is 0.119 e. The van der Waals surface area contributed by atoms with Crippen molar-refractivity contribution < 1.29 is 9.84 Å². The Morgan fingerprint density at radius 1 is 1.11 bits per heavy atom. The van der Waals surface area contributed by atoms with E-state index in [1.807, 2.05) is 32.9 Å². The smallest absolute Gasteiger partial charge is 0.119 e. The van der Waals surface area contributed by atoms with Crippen LogP contribution in [-0.2, 0) is 0 Å². The number of aryl methyl sites for hydroxylation is 2. The molecule has 0 aromatic heterocycles. The van der Waals surface area contributed by atoms with Gasteiger partial charge in [0, 0.05) is 12.1 Å². The molecular weight excluding hydrogens is 226 g/mol. The first-order chi connectivity index (χ1) is 8.36. The van der Waals surface area contributed by atoms with E-state index in [-0.39, 0.29) is 6.04 Å². The minimum Gasteiger partial charge on any atom is -0.497 e. The van der Waals surface area contributed by atoms with Gasteiger partial charge in [-0.25, -0.2) is 0 Å². The average molecular weight is 251 g/mol. The van der Waals surface area contributed by atoms with E-state index in [1.165, 1.54) is 0 Å². The van der Waals surface area contributed by atoms with Crippen molar-refractivity contribution in [1.82, 2.24) is 5.32 Å². The maximum atomic E-state index is 10.5. The van der Waals surface area contributed by atoms with Gasteiger partial charge in [-0.1, -0.05) is 13.8 Å². The molecule has 0 aliphatic heterocycles. The number of aliphatic hydroxyl groups excluding tert-OH is 1. The van der Waals surface area contributed by atoms with E-state index in [4.69, 9.17) is 4.74 Å². The number of rotatable bonds is 5. The van der Waals surface area contributed by atoms with E-state index in [1.54, 1.807) is 7.11 Å². The van der Waals surface area contributed by atoms with Crippen molar-refractivity contribution in [2.24, 2.45) is 0 Å². The second kappa shape index (κ2) is 6.21. The number of hydrogen-bond donors (Lipinski definition) is 2. The van der Waals surface area contributed by atoms with E-state index in [9.17, 15) is 5.11 Å². The molecule has 0 fully saturated rings. The molecule has 1 rings (SSSR count). The fourth-order valence-electron chi connectivity index (χ4n) is 2.39. The number of hydrogen-bond acceptors (Lipinski definition) is 3. The number of nitrogens with one attached hydrogen (secondary N) is 1. The molecule has 0 amide bonds. The predicted molar refractivity (Wildman–Crippen MR) is 75.2 cm³/mol. The van der Waals surface area contributed by atoms with E-state index >= 15 is 0 Å². The van der Waals surface area contributed by atoms with Gasteiger partial charge in [-0.05, 0) is 49.6 Å². The monoisotopic (exact) mass is 251 g/mol. The van der Waals surface area contributed by atoms with Gasteiger partial charge in [0.05, 0.1) is 13.2 Å². The van der Waals surface area contributed by atoms with Crippen LogP contribution in [0.25, 0.3) is 0 Å². The summed E-state index contributed by atoms with van der Waals surface area (Å²) in [5, 5.41) is 13.8. The second-order valence-corrected chi connectivity index (χ2v) is 5.23. The van der Waals surface area contributed by atoms with Crippen LogP contribution in [0.1, 0.15) is 43.6 Å². The van der Waals surface area contributed by atoms with Crippen molar-refractivity contribution in [3.63, 3.8) is 0 Å². The Labute approximate surface area is 110 Å². The lowest BCUT2D eigenvalue weighted by atomic mass is 9.93. The molecule has 3 heteroatoms. The molecule has 0 heterocycles. The van der Waals surface area contributed by atoms with Gasteiger partial charge in [0.2, 0.25) is 0 Å². The van der Waals surface area contributed by atoms with Gasteiger partial charge in [-0.15, -0.1) is 0 Å². The number of aliphatic hydroxyl groups is 1. The zero-order valence-corrected chi connectivity index (χ0v) is 12.2. The molecular formula is C15H25NO2. The highest BCUT2D eigenvalue weighted by Gasteiger charge is 2.21. The fourth-order valence-corrected chi connectivity index (χ4v) is 2.39. The molecule has 1 aromatic carbocycles. The Morgan fingerprint density at radius 2 is 1.61 bits per heavy atom. The normalized spacial score (nSPS) is 14.7. The van der Waals surface area contributed by atoms with Crippen molar-refractivity contribution in [3.05, 3.63) is 28.8 Å². The highest BCUT2D eigenvalue weighted by molar-refractivity contribution is 5.42. The van der Waals surface area contributed by atoms with Gasteiger partial charge in [0.25, 0.3) is 0 Å². The van der Waals surface area contributed by atoms with Crippen LogP contribution >= 0.6 is 0 Å². The van der Waals surface area contributed by atoms with Crippen LogP contribution in [0.3, 0.4) is 0 Å². The van der Waals surface area contributed by atoms with Crippen molar-refractivity contribution >= 4 is 0 Å². The van der Waals surface area contributed by atoms with Crippen LogP contribution in [0.2, 0.25) is 0 Å². The summed E-state index contributed by atoms with van der Waals surface area (Å²) in [5.74, 6) is 0.838. The summed E-state index contributed by atoms with van der Waals surface area (Å²) in [5.41, 5.74) is 3.13. The van der Waals surface area contributed by atoms with Gasteiger partial charge in [-0.2, -0.15) is 0 Å². The van der Waals surface area contributed by atoms with Gasteiger partial charge >= 0.3 is 0 Å². The molecule has 1 aromatic rings. The first-order valence-corrected chi connectivity index (χ1v) is 6.46. The quantitative estimate of drug-likeness (QED) is 0.845. The molecule has 102 valence electrons. The van der Waals surface area contributed by atoms with Gasteiger partial charge in [-0.3, -0.25) is 0 Å². The molecule has 0 spiro atoms. The molecule has 2 atom stereocenters. The van der Waals surface area contributed by atoms with Gasteiger partial charge in [0.1, 0.15) is 5.75 Å². The Morgan fingerprint density at radius 3 is 2.00 bits per heavy atom. The summed E-state index contributed by atoms with van der Waals surface area (Å²) in [7, 11) is 1.66. The zero-order chi connectivity index (χ0) is 13.9. The van der Waals surface area contributed by atoms with Gasteiger partial charge < -0.3 is 15.2 Å². The molecule has 2 N–H and O–H groups in total. The van der Waals surface area contributed by atoms with Crippen LogP contribution in [0, 0.1) is 13.8 Å². The summed E-state index contributed by atoms with van der Waals surface area (Å²) in [6.07, 6.45) is -0.502. The van der Waals surface area contributed by atoms with E-state index in [2.05, 4.69) is 19.2 Å². The molecule has 0 radical (unpaired) electrons. The number of benzene rings is 1. The summed E-state index contributed by atoms with van der Waals surface area (Å²) >= 11 is 0. The Kier molecular flexibility index (Phi) is 5.17. The molecule has 0 saturated heterocycles. The molecule has 0 bridgehead atoms. The largest absolute Gasteiger partial charge is 0.497 e. The fraction of sp³-hybridized carbons (Fsp3) is 0.600. The topological polar surface area (TPSA) is 41.5 Å². The first kappa shape index (κ1) is 15.0. The third kappa shape index (κ3) is 3.47. The van der Waals surface area contributed by atoms with Gasteiger partial charge in [0.15, 0.2) is 0 Å². The second-order valence-electron chi connectivity index (χ2n) is 5.23. The first-order valence-electron chi connectivity index (χ1n) is 6.46. The van der Waals surface area contributed by atoms with Crippen LogP contribution in [0.4, 0.5) is 0 Å². The number of methoxy groups -OCH3 is 1. The van der Waals surface area contributed by atoms with E-state index in [0.29, 0.717) is 6.04 Å². The van der Waals surface area contributed by atoms with E-state index < -0.39 is 6.10 Å². The predicted octanol–water partition coefficient (Wildman–Crippen LogP) is 2.73. The standard InChI is InChI=1S/C15H25NO2/c1-9(2)16-12(5)15(17)14-10(3)7-13(18-6)8-11(14)4/h7-9,12,15-17H,1-6H3. The van der Waals surface area contributed by atoms with Crippen LogP contribution < -0.4 is 10.1 Å². The molecule has 18 heavy (non-hydrogen) atoms. The molecule has 3 nitrogen and oxygen atoms in total. The van der Waals surface area contributed by atoms with Crippen molar-refractivity contribution in [1.29, 1.82) is 0 Å². The van der Waals surface area contributed by atoms with Crippen LogP contribution in [-0.4, -0.2) is 24.3 Å². The minimum atomic E-state index is -0.502. The Bertz CT molecular complexity index is 378. The van der Waals surface area contributed by atoms with Crippen LogP contribution in [0.15, 0.2) is 12.1 Å². The zero-order valence-electron chi connectivity index (χ0n) is 12.2. The highest BCUT2D eigenvalue weighted by Crippen LogP contribution is 2.28. The Hall–Kier alpha value is -1.06. The third-order valence-corrected chi connectivity index (χ3v) is 3.17. The average Bonchev–Trinajstić information content (AvgIpc) is 2.26. The SMILES string of the molecule is COc1cc(C)c(C(O)C(C)NC(C)C)c(C)c1. The number of ether oxygens (including phenoxy) is 1. The van der Waals surface area contributed by atoms with Crippen molar-refractivity contribution in [2.75, 3.05) is 7.11 Å². The molecule has 0 saturated carbocycles. The third-order valence-electron chi connectivity index (χ3n) is 3.17. The molecule has 0 aliphatic carbocycles. The highest BCUT2D eigenvalue weighted by atomic mass is 16.5. The van der Waals surface area contributed by atoms with E-state index in [0.717, 1.165) is 22.4 Å². The van der Waals surface area contributed by atoms with Crippen molar-refractivity contribution in [3.8, 4) is 5.75 Å². The Balaban J connectivity index is 3.02. The summed E-state index contributed by atoms with van der Waals surface area (Å²) in [6, 6.07) is 4.31. The lowest BCUT2D eigenvalue weighted by molar-refractivity contribution is 0.130. The lowest BCUT2D eigenvalue weighted by Gasteiger charge is -2.25. The van der Waals surface area contributed by atoms with Crippen molar-refractivity contribution in [2.45, 2.75) is 52.8 Å². The maximum absolute atomic E-state index is 10.5. The van der Waals surface area contributed by atoms with Crippen LogP contribution in [0.5, 0.6) is 5.75 Å². The minimum absolute atomic E-state index is 0.0239. The molecule has 0 aliphatic rings. The lowest BCUT2D eigenvalue weighted by Crippen LogP contribution is -2.37. The summed E-state index contributed by atoms with van der Waals surface area (Å²) in [6.45, 7) is 10.2.